The van der Waals surface area contributed by atoms with Crippen molar-refractivity contribution in [3.8, 4) is 0 Å². The molecule has 3 N–H and O–H groups in total. The SMILES string of the molecule is CC(Cn1cccn1)NC(=O)NCC1CCC(C(=O)O)O1. The summed E-state index contributed by atoms with van der Waals surface area (Å²) < 4.78 is 7.05. The third-order valence-corrected chi connectivity index (χ3v) is 3.27. The summed E-state index contributed by atoms with van der Waals surface area (Å²) in [4.78, 5) is 22.5. The second kappa shape index (κ2) is 7.07. The first-order valence-electron chi connectivity index (χ1n) is 6.94. The highest BCUT2D eigenvalue weighted by atomic mass is 16.5. The molecule has 21 heavy (non-hydrogen) atoms. The third kappa shape index (κ3) is 4.75. The Morgan fingerprint density at radius 2 is 2.33 bits per heavy atom. The van der Waals surface area contributed by atoms with Gasteiger partial charge in [-0.25, -0.2) is 9.59 Å². The number of carbonyl (C=O) groups is 2. The number of carboxylic acid groups (broad SMARTS) is 1. The van der Waals surface area contributed by atoms with Crippen LogP contribution in [0.3, 0.4) is 0 Å². The van der Waals surface area contributed by atoms with Gasteiger partial charge in [-0.15, -0.1) is 0 Å². The molecule has 1 saturated heterocycles. The Hall–Kier alpha value is -2.09. The van der Waals surface area contributed by atoms with Gasteiger partial charge >= 0.3 is 12.0 Å². The van der Waals surface area contributed by atoms with Crippen LogP contribution in [-0.4, -0.2) is 51.7 Å². The van der Waals surface area contributed by atoms with E-state index in [2.05, 4.69) is 15.7 Å². The second-order valence-corrected chi connectivity index (χ2v) is 5.15. The van der Waals surface area contributed by atoms with E-state index in [1.165, 1.54) is 0 Å². The van der Waals surface area contributed by atoms with Crippen LogP contribution in [0, 0.1) is 0 Å². The predicted molar refractivity (Wildman–Crippen MR) is 73.8 cm³/mol. The van der Waals surface area contributed by atoms with Gasteiger partial charge in [0.25, 0.3) is 0 Å². The number of aliphatic carboxylic acids is 1. The summed E-state index contributed by atoms with van der Waals surface area (Å²) in [7, 11) is 0. The number of carboxylic acids is 1. The number of carbonyl (C=O) groups excluding carboxylic acids is 1. The molecule has 2 rings (SSSR count). The summed E-state index contributed by atoms with van der Waals surface area (Å²) in [6.07, 6.45) is 3.65. The maximum atomic E-state index is 11.7. The molecule has 8 nitrogen and oxygen atoms in total. The van der Waals surface area contributed by atoms with E-state index in [-0.39, 0.29) is 18.2 Å². The zero-order valence-electron chi connectivity index (χ0n) is 11.9. The minimum Gasteiger partial charge on any atom is -0.479 e. The largest absolute Gasteiger partial charge is 0.479 e. The Labute approximate surface area is 122 Å². The zero-order valence-corrected chi connectivity index (χ0v) is 11.9. The highest BCUT2D eigenvalue weighted by Crippen LogP contribution is 2.19. The van der Waals surface area contributed by atoms with Crippen LogP contribution in [0.4, 0.5) is 4.79 Å². The summed E-state index contributed by atoms with van der Waals surface area (Å²) in [5.41, 5.74) is 0. The molecule has 0 aliphatic carbocycles. The van der Waals surface area contributed by atoms with Crippen molar-refractivity contribution in [2.45, 2.75) is 44.6 Å². The summed E-state index contributed by atoms with van der Waals surface area (Å²) in [5, 5.41) is 18.4. The van der Waals surface area contributed by atoms with Crippen LogP contribution >= 0.6 is 0 Å². The number of nitrogens with zero attached hydrogens (tertiary/aromatic N) is 2. The van der Waals surface area contributed by atoms with Gasteiger partial charge in [-0.2, -0.15) is 5.10 Å². The molecule has 1 aromatic heterocycles. The lowest BCUT2D eigenvalue weighted by Gasteiger charge is -2.16. The first-order chi connectivity index (χ1) is 10.0. The molecule has 3 unspecified atom stereocenters. The van der Waals surface area contributed by atoms with Crippen molar-refractivity contribution in [1.29, 1.82) is 0 Å². The monoisotopic (exact) mass is 296 g/mol. The van der Waals surface area contributed by atoms with Gasteiger partial charge in [-0.1, -0.05) is 0 Å². The Bertz CT molecular complexity index is 477. The fourth-order valence-corrected chi connectivity index (χ4v) is 2.25. The van der Waals surface area contributed by atoms with Crippen molar-refractivity contribution in [2.75, 3.05) is 6.54 Å². The van der Waals surface area contributed by atoms with E-state index in [9.17, 15) is 9.59 Å². The highest BCUT2D eigenvalue weighted by Gasteiger charge is 2.30. The zero-order chi connectivity index (χ0) is 15.2. The fourth-order valence-electron chi connectivity index (χ4n) is 2.25. The van der Waals surface area contributed by atoms with Crippen molar-refractivity contribution >= 4 is 12.0 Å². The molecule has 2 heterocycles. The van der Waals surface area contributed by atoms with Gasteiger partial charge in [-0.05, 0) is 25.8 Å². The van der Waals surface area contributed by atoms with Gasteiger partial charge in [0.15, 0.2) is 6.10 Å². The topological polar surface area (TPSA) is 105 Å². The van der Waals surface area contributed by atoms with Gasteiger partial charge in [-0.3, -0.25) is 4.68 Å². The van der Waals surface area contributed by atoms with Gasteiger partial charge < -0.3 is 20.5 Å². The first-order valence-corrected chi connectivity index (χ1v) is 6.94. The van der Waals surface area contributed by atoms with Crippen molar-refractivity contribution < 1.29 is 19.4 Å². The smallest absolute Gasteiger partial charge is 0.332 e. The normalized spacial score (nSPS) is 22.7. The molecule has 116 valence electrons. The van der Waals surface area contributed by atoms with E-state index >= 15 is 0 Å². The van der Waals surface area contributed by atoms with Crippen LogP contribution in [0.2, 0.25) is 0 Å². The van der Waals surface area contributed by atoms with Gasteiger partial charge in [0.2, 0.25) is 0 Å². The molecule has 0 spiro atoms. The Morgan fingerprint density at radius 1 is 1.52 bits per heavy atom. The molecule has 1 aliphatic rings. The van der Waals surface area contributed by atoms with E-state index < -0.39 is 12.1 Å². The molecule has 1 fully saturated rings. The van der Waals surface area contributed by atoms with Crippen LogP contribution in [0.5, 0.6) is 0 Å². The Balaban J connectivity index is 1.64. The molecular weight excluding hydrogens is 276 g/mol. The maximum Gasteiger partial charge on any atom is 0.332 e. The minimum absolute atomic E-state index is 0.0684. The van der Waals surface area contributed by atoms with E-state index in [1.54, 1.807) is 10.9 Å². The van der Waals surface area contributed by atoms with Crippen LogP contribution in [0.25, 0.3) is 0 Å². The first kappa shape index (κ1) is 15.3. The number of hydrogen-bond donors (Lipinski definition) is 3. The molecule has 0 radical (unpaired) electrons. The number of urea groups is 1. The number of hydrogen-bond acceptors (Lipinski definition) is 4. The molecule has 1 aromatic rings. The van der Waals surface area contributed by atoms with E-state index in [4.69, 9.17) is 9.84 Å². The van der Waals surface area contributed by atoms with Crippen LogP contribution in [0.15, 0.2) is 18.5 Å². The molecule has 0 bridgehead atoms. The fraction of sp³-hybridized carbons (Fsp3) is 0.615. The van der Waals surface area contributed by atoms with Crippen LogP contribution < -0.4 is 10.6 Å². The van der Waals surface area contributed by atoms with Crippen molar-refractivity contribution in [3.63, 3.8) is 0 Å². The number of nitrogens with one attached hydrogen (secondary N) is 2. The molecule has 3 atom stereocenters. The van der Waals surface area contributed by atoms with Crippen molar-refractivity contribution in [2.24, 2.45) is 0 Å². The number of aromatic nitrogens is 2. The van der Waals surface area contributed by atoms with Crippen molar-refractivity contribution in [3.05, 3.63) is 18.5 Å². The molecule has 8 heteroatoms. The number of rotatable bonds is 6. The van der Waals surface area contributed by atoms with Crippen LogP contribution in [-0.2, 0) is 16.1 Å². The molecule has 0 aromatic carbocycles. The average Bonchev–Trinajstić information content (AvgIpc) is 3.06. The molecule has 1 aliphatic heterocycles. The quantitative estimate of drug-likeness (QED) is 0.695. The molecule has 2 amide bonds. The lowest BCUT2D eigenvalue weighted by atomic mass is 10.2. The average molecular weight is 296 g/mol. The number of ether oxygens (including phenoxy) is 1. The maximum absolute atomic E-state index is 11.7. The van der Waals surface area contributed by atoms with Gasteiger partial charge in [0.1, 0.15) is 0 Å². The Morgan fingerprint density at radius 3 is 2.95 bits per heavy atom. The van der Waals surface area contributed by atoms with E-state index in [0.29, 0.717) is 25.9 Å². The summed E-state index contributed by atoms with van der Waals surface area (Å²) in [6.45, 7) is 2.78. The molecule has 0 saturated carbocycles. The standard InChI is InChI=1S/C13H20N4O4/c1-9(8-17-6-2-5-15-17)16-13(20)14-7-10-3-4-11(21-10)12(18)19/h2,5-6,9-11H,3-4,7-8H2,1H3,(H,18,19)(H2,14,16,20). The third-order valence-electron chi connectivity index (χ3n) is 3.27. The lowest BCUT2D eigenvalue weighted by Crippen LogP contribution is -2.45. The lowest BCUT2D eigenvalue weighted by molar-refractivity contribution is -0.149. The Kier molecular flexibility index (Phi) is 5.15. The summed E-state index contributed by atoms with van der Waals surface area (Å²) in [5.74, 6) is -0.949. The summed E-state index contributed by atoms with van der Waals surface area (Å²) in [6, 6.07) is 1.46. The van der Waals surface area contributed by atoms with Gasteiger partial charge in [0.05, 0.1) is 12.6 Å². The van der Waals surface area contributed by atoms with Crippen molar-refractivity contribution in [1.82, 2.24) is 20.4 Å². The number of amides is 2. The van der Waals surface area contributed by atoms with E-state index in [1.807, 2.05) is 19.2 Å². The predicted octanol–water partition coefficient (Wildman–Crippen LogP) is 0.203. The molecular formula is C13H20N4O4. The minimum atomic E-state index is -0.949. The van der Waals surface area contributed by atoms with Gasteiger partial charge in [0, 0.05) is 25.0 Å². The summed E-state index contributed by atoms with van der Waals surface area (Å²) >= 11 is 0. The van der Waals surface area contributed by atoms with Crippen LogP contribution in [0.1, 0.15) is 19.8 Å². The van der Waals surface area contributed by atoms with E-state index in [0.717, 1.165) is 0 Å². The highest BCUT2D eigenvalue weighted by molar-refractivity contribution is 5.74. The second-order valence-electron chi connectivity index (χ2n) is 5.15.